The fourth-order valence-electron chi connectivity index (χ4n) is 6.67. The van der Waals surface area contributed by atoms with E-state index in [4.69, 9.17) is 0 Å². The van der Waals surface area contributed by atoms with E-state index >= 15 is 0 Å². The maximum absolute atomic E-state index is 4.39. The highest BCUT2D eigenvalue weighted by molar-refractivity contribution is 6.10. The smallest absolute Gasteiger partial charge is 0.0541 e. The van der Waals surface area contributed by atoms with E-state index in [1.807, 2.05) is 0 Å². The molecule has 5 aromatic carbocycles. The summed E-state index contributed by atoms with van der Waals surface area (Å²) in [6.45, 7) is 4.39. The summed E-state index contributed by atoms with van der Waals surface area (Å²) in [6, 6.07) is 43.8. The van der Waals surface area contributed by atoms with E-state index in [1.54, 1.807) is 0 Å². The molecule has 0 amide bonds. The van der Waals surface area contributed by atoms with Gasteiger partial charge in [-0.1, -0.05) is 116 Å². The Morgan fingerprint density at radius 1 is 0.591 bits per heavy atom. The molecule has 0 saturated heterocycles. The number of rotatable bonds is 4. The van der Waals surface area contributed by atoms with E-state index in [0.717, 1.165) is 41.1 Å². The third-order valence-corrected chi connectivity index (χ3v) is 8.74. The lowest BCUT2D eigenvalue weighted by Crippen LogP contribution is -2.23. The zero-order chi connectivity index (χ0) is 29.5. The third kappa shape index (κ3) is 4.44. The van der Waals surface area contributed by atoms with Gasteiger partial charge in [-0.3, -0.25) is 0 Å². The summed E-state index contributed by atoms with van der Waals surface area (Å²) in [4.78, 5) is 2.44. The van der Waals surface area contributed by atoms with Crippen molar-refractivity contribution in [3.05, 3.63) is 181 Å². The maximum atomic E-state index is 4.39. The highest BCUT2D eigenvalue weighted by Gasteiger charge is 2.24. The summed E-state index contributed by atoms with van der Waals surface area (Å²) in [5, 5.41) is 2.49. The summed E-state index contributed by atoms with van der Waals surface area (Å²) < 4.78 is 2.40. The van der Waals surface area contributed by atoms with Crippen molar-refractivity contribution in [1.29, 1.82) is 0 Å². The molecular weight excluding hydrogens is 532 g/mol. The molecular formula is C42H32N2. The summed E-state index contributed by atoms with van der Waals surface area (Å²) in [5.41, 5.74) is 13.0. The third-order valence-electron chi connectivity index (χ3n) is 8.74. The molecule has 8 rings (SSSR count). The highest BCUT2D eigenvalue weighted by atomic mass is 15.2. The monoisotopic (exact) mass is 564 g/mol. The van der Waals surface area contributed by atoms with E-state index in [-0.39, 0.29) is 0 Å². The van der Waals surface area contributed by atoms with Gasteiger partial charge in [0.25, 0.3) is 0 Å². The van der Waals surface area contributed by atoms with Crippen molar-refractivity contribution in [2.24, 2.45) is 0 Å². The predicted octanol–water partition coefficient (Wildman–Crippen LogP) is 11.1. The van der Waals surface area contributed by atoms with Gasteiger partial charge in [-0.15, -0.1) is 0 Å². The molecule has 1 aliphatic heterocycles. The summed E-state index contributed by atoms with van der Waals surface area (Å²) in [5.74, 6) is 0. The number of allylic oxidation sites excluding steroid dienone is 8. The molecule has 0 spiro atoms. The van der Waals surface area contributed by atoms with Gasteiger partial charge in [0.05, 0.1) is 22.4 Å². The van der Waals surface area contributed by atoms with E-state index in [9.17, 15) is 0 Å². The molecule has 6 aromatic rings. The van der Waals surface area contributed by atoms with Crippen LogP contribution in [0.2, 0.25) is 0 Å². The quantitative estimate of drug-likeness (QED) is 0.207. The van der Waals surface area contributed by atoms with Crippen LogP contribution in [0, 0.1) is 0 Å². The van der Waals surface area contributed by atoms with E-state index in [1.165, 1.54) is 44.2 Å². The van der Waals surface area contributed by atoms with Crippen molar-refractivity contribution in [3.63, 3.8) is 0 Å². The normalized spacial score (nSPS) is 16.6. The topological polar surface area (TPSA) is 8.17 Å². The molecule has 0 unspecified atom stereocenters. The number of anilines is 1. The SMILES string of the molecule is C=C1/C=C\C=C(\c2ccc3c(c2)c2ccccc2n3-c2cccc(-c3ccccc3)c2)N(C2=CC=CCC2)c2ccccc21. The van der Waals surface area contributed by atoms with E-state index in [0.29, 0.717) is 0 Å². The highest BCUT2D eigenvalue weighted by Crippen LogP contribution is 2.41. The average molecular weight is 565 g/mol. The fraction of sp³-hybridized carbons (Fsp3) is 0.0476. The first-order valence-corrected chi connectivity index (χ1v) is 15.3. The number of para-hydroxylation sites is 2. The lowest BCUT2D eigenvalue weighted by molar-refractivity contribution is 0.919. The van der Waals surface area contributed by atoms with E-state index < -0.39 is 0 Å². The fourth-order valence-corrected chi connectivity index (χ4v) is 6.67. The van der Waals surface area contributed by atoms with Gasteiger partial charge in [-0.05, 0) is 83.7 Å². The largest absolute Gasteiger partial charge is 0.313 e. The van der Waals surface area contributed by atoms with Crippen molar-refractivity contribution in [2.75, 3.05) is 4.90 Å². The Morgan fingerprint density at radius 3 is 2.27 bits per heavy atom. The molecule has 2 heteroatoms. The molecule has 0 bridgehead atoms. The minimum Gasteiger partial charge on any atom is -0.313 e. The Kier molecular flexibility index (Phi) is 6.46. The lowest BCUT2D eigenvalue weighted by atomic mass is 9.97. The lowest BCUT2D eigenvalue weighted by Gasteiger charge is -2.33. The van der Waals surface area contributed by atoms with Gasteiger partial charge in [-0.25, -0.2) is 0 Å². The van der Waals surface area contributed by atoms with Gasteiger partial charge in [0, 0.05) is 27.7 Å². The number of fused-ring (bicyclic) bond motifs is 4. The minimum absolute atomic E-state index is 0.984. The number of aromatic nitrogens is 1. The van der Waals surface area contributed by atoms with Gasteiger partial charge in [-0.2, -0.15) is 0 Å². The van der Waals surface area contributed by atoms with Gasteiger partial charge >= 0.3 is 0 Å². The summed E-state index contributed by atoms with van der Waals surface area (Å²) in [6.07, 6.45) is 15.2. The molecule has 0 atom stereocenters. The first-order chi connectivity index (χ1) is 21.8. The van der Waals surface area contributed by atoms with Gasteiger partial charge < -0.3 is 9.47 Å². The van der Waals surface area contributed by atoms with Crippen LogP contribution in [0.25, 0.3) is 49.9 Å². The van der Waals surface area contributed by atoms with E-state index in [2.05, 4.69) is 174 Å². The summed E-state index contributed by atoms with van der Waals surface area (Å²) >= 11 is 0. The van der Waals surface area contributed by atoms with Crippen LogP contribution < -0.4 is 4.90 Å². The van der Waals surface area contributed by atoms with Gasteiger partial charge in [0.1, 0.15) is 0 Å². The van der Waals surface area contributed by atoms with Crippen molar-refractivity contribution in [2.45, 2.75) is 12.8 Å². The second kappa shape index (κ2) is 10.9. The second-order valence-corrected chi connectivity index (χ2v) is 11.4. The molecule has 0 N–H and O–H groups in total. The molecule has 210 valence electrons. The van der Waals surface area contributed by atoms with Crippen molar-refractivity contribution < 1.29 is 0 Å². The molecule has 2 aliphatic rings. The van der Waals surface area contributed by atoms with Crippen LogP contribution in [0.15, 0.2) is 170 Å². The number of hydrogen-bond acceptors (Lipinski definition) is 1. The zero-order valence-electron chi connectivity index (χ0n) is 24.5. The summed E-state index contributed by atoms with van der Waals surface area (Å²) in [7, 11) is 0. The average Bonchev–Trinajstić information content (AvgIpc) is 3.42. The van der Waals surface area contributed by atoms with Crippen LogP contribution in [-0.2, 0) is 0 Å². The molecule has 2 nitrogen and oxygen atoms in total. The zero-order valence-corrected chi connectivity index (χ0v) is 24.5. The van der Waals surface area contributed by atoms with Crippen LogP contribution in [-0.4, -0.2) is 4.57 Å². The Labute approximate surface area is 258 Å². The molecule has 0 radical (unpaired) electrons. The van der Waals surface area contributed by atoms with Gasteiger partial charge in [0.2, 0.25) is 0 Å². The predicted molar refractivity (Wildman–Crippen MR) is 188 cm³/mol. The second-order valence-electron chi connectivity index (χ2n) is 11.4. The van der Waals surface area contributed by atoms with Crippen LogP contribution in [0.5, 0.6) is 0 Å². The van der Waals surface area contributed by atoms with Crippen molar-refractivity contribution >= 4 is 38.8 Å². The maximum Gasteiger partial charge on any atom is 0.0541 e. The van der Waals surface area contributed by atoms with Crippen molar-refractivity contribution in [1.82, 2.24) is 4.57 Å². The van der Waals surface area contributed by atoms with Crippen LogP contribution >= 0.6 is 0 Å². The number of hydrogen-bond donors (Lipinski definition) is 0. The molecule has 1 aromatic heterocycles. The Bertz CT molecular complexity index is 2190. The minimum atomic E-state index is 0.984. The molecule has 0 fully saturated rings. The molecule has 44 heavy (non-hydrogen) atoms. The molecule has 1 aliphatic carbocycles. The van der Waals surface area contributed by atoms with Crippen molar-refractivity contribution in [3.8, 4) is 16.8 Å². The Balaban J connectivity index is 1.33. The molecule has 2 heterocycles. The van der Waals surface area contributed by atoms with Crippen LogP contribution in [0.3, 0.4) is 0 Å². The standard InChI is InChI=1S/C42H32N2/c1-30-14-12-25-39(43(34-18-6-3-7-19-34)40-23-10-8-21-36(30)40)33-26-27-42-38(29-33)37-22-9-11-24-41(37)44(42)35-20-13-17-32(28-35)31-15-4-2-5-16-31/h2-6,8-18,20-29H,1,7,19H2/b14-12-,39-25-. The van der Waals surface area contributed by atoms with Crippen LogP contribution in [0.1, 0.15) is 24.0 Å². The first-order valence-electron chi connectivity index (χ1n) is 15.3. The van der Waals surface area contributed by atoms with Gasteiger partial charge in [0.15, 0.2) is 0 Å². The Morgan fingerprint density at radius 2 is 1.39 bits per heavy atom. The molecule has 0 saturated carbocycles. The Hall–Kier alpha value is -5.60. The number of benzene rings is 5. The first kappa shape index (κ1) is 26.1. The number of nitrogens with zero attached hydrogens (tertiary/aromatic N) is 2. The van der Waals surface area contributed by atoms with Crippen LogP contribution in [0.4, 0.5) is 5.69 Å².